The minimum Gasteiger partial charge on any atom is -0.212 e. The first-order valence-corrected chi connectivity index (χ1v) is 8.22. The van der Waals surface area contributed by atoms with Crippen LogP contribution in [0.1, 0.15) is 29.7 Å². The van der Waals surface area contributed by atoms with Gasteiger partial charge in [0.2, 0.25) is 10.0 Å². The molecule has 20 heavy (non-hydrogen) atoms. The standard InChI is InChI=1S/C16H19NO2S/c1-13-8-6-7-11-16(13)12-20(18,19)17-14(2)15-9-4-3-5-10-15/h3-11,14,17H,12H2,1-2H3/t14-/m1/s1. The largest absolute Gasteiger partial charge is 0.216 e. The third kappa shape index (κ3) is 3.92. The van der Waals surface area contributed by atoms with Gasteiger partial charge in [-0.3, -0.25) is 0 Å². The molecule has 106 valence electrons. The van der Waals surface area contributed by atoms with Gasteiger partial charge in [0.25, 0.3) is 0 Å². The molecule has 1 N–H and O–H groups in total. The molecule has 1 atom stereocenters. The zero-order valence-electron chi connectivity index (χ0n) is 11.7. The first kappa shape index (κ1) is 14.8. The minimum atomic E-state index is -3.35. The Bertz CT molecular complexity index is 666. The van der Waals surface area contributed by atoms with Gasteiger partial charge in [0.15, 0.2) is 0 Å². The van der Waals surface area contributed by atoms with Crippen molar-refractivity contribution in [2.45, 2.75) is 25.6 Å². The molecule has 0 aliphatic rings. The molecular weight excluding hydrogens is 270 g/mol. The van der Waals surface area contributed by atoms with Crippen molar-refractivity contribution >= 4 is 10.0 Å². The lowest BCUT2D eigenvalue weighted by Crippen LogP contribution is -2.28. The number of hydrogen-bond acceptors (Lipinski definition) is 2. The van der Waals surface area contributed by atoms with Gasteiger partial charge >= 0.3 is 0 Å². The molecule has 2 aromatic rings. The highest BCUT2D eigenvalue weighted by molar-refractivity contribution is 7.88. The van der Waals surface area contributed by atoms with E-state index in [0.717, 1.165) is 16.7 Å². The molecule has 4 heteroatoms. The molecule has 0 aliphatic carbocycles. The normalized spacial score (nSPS) is 13.1. The number of aryl methyl sites for hydroxylation is 1. The van der Waals surface area contributed by atoms with Crippen molar-refractivity contribution in [2.75, 3.05) is 0 Å². The predicted octanol–water partition coefficient (Wildman–Crippen LogP) is 3.18. The maximum Gasteiger partial charge on any atom is 0.216 e. The van der Waals surface area contributed by atoms with Crippen LogP contribution in [0.2, 0.25) is 0 Å². The summed E-state index contributed by atoms with van der Waals surface area (Å²) in [5.74, 6) is 0.0108. The van der Waals surface area contributed by atoms with E-state index in [-0.39, 0.29) is 11.8 Å². The number of nitrogens with one attached hydrogen (secondary N) is 1. The van der Waals surface area contributed by atoms with Crippen LogP contribution in [0.5, 0.6) is 0 Å². The van der Waals surface area contributed by atoms with Crippen LogP contribution in [0.4, 0.5) is 0 Å². The quantitative estimate of drug-likeness (QED) is 0.919. The topological polar surface area (TPSA) is 46.2 Å². The average molecular weight is 289 g/mol. The Labute approximate surface area is 120 Å². The van der Waals surface area contributed by atoms with E-state index in [9.17, 15) is 8.42 Å². The van der Waals surface area contributed by atoms with Gasteiger partial charge in [-0.1, -0.05) is 54.6 Å². The Morgan fingerprint density at radius 3 is 2.25 bits per heavy atom. The highest BCUT2D eigenvalue weighted by atomic mass is 32.2. The second-order valence-corrected chi connectivity index (χ2v) is 6.69. The van der Waals surface area contributed by atoms with Crippen molar-refractivity contribution in [3.8, 4) is 0 Å². The molecule has 0 heterocycles. The first-order valence-electron chi connectivity index (χ1n) is 6.57. The summed E-state index contributed by atoms with van der Waals surface area (Å²) >= 11 is 0. The van der Waals surface area contributed by atoms with Gasteiger partial charge in [0.1, 0.15) is 0 Å². The van der Waals surface area contributed by atoms with Gasteiger partial charge in [-0.2, -0.15) is 0 Å². The lowest BCUT2D eigenvalue weighted by atomic mass is 10.1. The fraction of sp³-hybridized carbons (Fsp3) is 0.250. The summed E-state index contributed by atoms with van der Waals surface area (Å²) in [4.78, 5) is 0. The van der Waals surface area contributed by atoms with Crippen molar-refractivity contribution in [1.29, 1.82) is 0 Å². The van der Waals surface area contributed by atoms with E-state index in [1.54, 1.807) is 0 Å². The Hall–Kier alpha value is -1.65. The second-order valence-electron chi connectivity index (χ2n) is 4.94. The summed E-state index contributed by atoms with van der Waals surface area (Å²) in [6.45, 7) is 3.77. The van der Waals surface area contributed by atoms with Crippen molar-refractivity contribution < 1.29 is 8.42 Å². The van der Waals surface area contributed by atoms with Gasteiger partial charge in [-0.25, -0.2) is 13.1 Å². The number of sulfonamides is 1. The highest BCUT2D eigenvalue weighted by Crippen LogP contribution is 2.16. The zero-order valence-corrected chi connectivity index (χ0v) is 12.5. The molecule has 0 bridgehead atoms. The molecule has 0 saturated heterocycles. The summed E-state index contributed by atoms with van der Waals surface area (Å²) in [6, 6.07) is 16.9. The molecule has 0 spiro atoms. The first-order chi connectivity index (χ1) is 9.48. The fourth-order valence-electron chi connectivity index (χ4n) is 2.10. The number of benzene rings is 2. The maximum absolute atomic E-state index is 12.2. The van der Waals surface area contributed by atoms with Crippen molar-refractivity contribution in [3.63, 3.8) is 0 Å². The van der Waals surface area contributed by atoms with Crippen LogP contribution < -0.4 is 4.72 Å². The van der Waals surface area contributed by atoms with Gasteiger partial charge < -0.3 is 0 Å². The van der Waals surface area contributed by atoms with E-state index < -0.39 is 10.0 Å². The number of rotatable bonds is 5. The van der Waals surface area contributed by atoms with Crippen molar-refractivity contribution in [2.24, 2.45) is 0 Å². The van der Waals surface area contributed by atoms with Crippen molar-refractivity contribution in [1.82, 2.24) is 4.72 Å². The Kier molecular flexibility index (Phi) is 4.57. The molecule has 0 radical (unpaired) electrons. The molecule has 0 aliphatic heterocycles. The third-order valence-electron chi connectivity index (χ3n) is 3.26. The van der Waals surface area contributed by atoms with E-state index in [4.69, 9.17) is 0 Å². The van der Waals surface area contributed by atoms with E-state index in [2.05, 4.69) is 4.72 Å². The lowest BCUT2D eigenvalue weighted by molar-refractivity contribution is 0.566. The van der Waals surface area contributed by atoms with Crippen LogP contribution in [0.3, 0.4) is 0 Å². The summed E-state index contributed by atoms with van der Waals surface area (Å²) in [6.07, 6.45) is 0. The lowest BCUT2D eigenvalue weighted by Gasteiger charge is -2.15. The van der Waals surface area contributed by atoms with Crippen LogP contribution in [0.15, 0.2) is 54.6 Å². The molecule has 3 nitrogen and oxygen atoms in total. The molecule has 0 fully saturated rings. The van der Waals surface area contributed by atoms with Crippen LogP contribution in [0.25, 0.3) is 0 Å². The molecule has 0 unspecified atom stereocenters. The number of hydrogen-bond donors (Lipinski definition) is 1. The highest BCUT2D eigenvalue weighted by Gasteiger charge is 2.17. The van der Waals surface area contributed by atoms with Crippen LogP contribution in [-0.2, 0) is 15.8 Å². The smallest absolute Gasteiger partial charge is 0.212 e. The molecule has 2 rings (SSSR count). The monoisotopic (exact) mass is 289 g/mol. The summed E-state index contributed by atoms with van der Waals surface area (Å²) in [5, 5.41) is 0. The SMILES string of the molecule is Cc1ccccc1CS(=O)(=O)N[C@H](C)c1ccccc1. The van der Waals surface area contributed by atoms with Crippen molar-refractivity contribution in [3.05, 3.63) is 71.3 Å². The van der Waals surface area contributed by atoms with Crippen LogP contribution in [-0.4, -0.2) is 8.42 Å². The van der Waals surface area contributed by atoms with Crippen LogP contribution >= 0.6 is 0 Å². The second kappa shape index (κ2) is 6.20. The summed E-state index contributed by atoms with van der Waals surface area (Å²) in [7, 11) is -3.35. The van der Waals surface area contributed by atoms with Gasteiger partial charge in [0, 0.05) is 6.04 Å². The van der Waals surface area contributed by atoms with E-state index in [1.807, 2.05) is 68.4 Å². The van der Waals surface area contributed by atoms with Gasteiger partial charge in [-0.15, -0.1) is 0 Å². The Morgan fingerprint density at radius 2 is 1.60 bits per heavy atom. The molecule has 2 aromatic carbocycles. The van der Waals surface area contributed by atoms with Crippen LogP contribution in [0, 0.1) is 6.92 Å². The van der Waals surface area contributed by atoms with E-state index in [0.29, 0.717) is 0 Å². The molecule has 0 aromatic heterocycles. The predicted molar refractivity (Wildman–Crippen MR) is 81.8 cm³/mol. The fourth-order valence-corrected chi connectivity index (χ4v) is 3.59. The molecular formula is C16H19NO2S. The summed E-state index contributed by atoms with van der Waals surface area (Å²) in [5.41, 5.74) is 2.78. The summed E-state index contributed by atoms with van der Waals surface area (Å²) < 4.78 is 27.2. The van der Waals surface area contributed by atoms with E-state index in [1.165, 1.54) is 0 Å². The maximum atomic E-state index is 12.2. The molecule has 0 amide bonds. The van der Waals surface area contributed by atoms with E-state index >= 15 is 0 Å². The van der Waals surface area contributed by atoms with Gasteiger partial charge in [-0.05, 0) is 30.5 Å². The Balaban J connectivity index is 2.10. The van der Waals surface area contributed by atoms with Gasteiger partial charge in [0.05, 0.1) is 5.75 Å². The molecule has 0 saturated carbocycles. The average Bonchev–Trinajstić information content (AvgIpc) is 2.41. The third-order valence-corrected chi connectivity index (χ3v) is 4.67. The Morgan fingerprint density at radius 1 is 1.00 bits per heavy atom. The minimum absolute atomic E-state index is 0.0108. The zero-order chi connectivity index (χ0) is 14.6.